The van der Waals surface area contributed by atoms with Crippen molar-refractivity contribution in [3.63, 3.8) is 0 Å². The van der Waals surface area contributed by atoms with E-state index in [9.17, 15) is 4.79 Å². The third kappa shape index (κ3) is 5.08. The van der Waals surface area contributed by atoms with Crippen molar-refractivity contribution >= 4 is 40.5 Å². The van der Waals surface area contributed by atoms with Gasteiger partial charge in [0.25, 0.3) is 0 Å². The van der Waals surface area contributed by atoms with Crippen LogP contribution >= 0.6 is 0 Å². The van der Waals surface area contributed by atoms with Crippen molar-refractivity contribution in [2.75, 3.05) is 42.9 Å². The first kappa shape index (κ1) is 22.4. The van der Waals surface area contributed by atoms with Crippen molar-refractivity contribution in [3.05, 3.63) is 83.9 Å². The number of hydrogen-bond acceptors (Lipinski definition) is 5. The molecule has 0 amide bonds. The van der Waals surface area contributed by atoms with Crippen LogP contribution in [0.15, 0.2) is 78.4 Å². The number of carbonyl (C=O) groups is 1. The van der Waals surface area contributed by atoms with Gasteiger partial charge in [-0.05, 0) is 72.3 Å². The summed E-state index contributed by atoms with van der Waals surface area (Å²) in [4.78, 5) is 17.4. The van der Waals surface area contributed by atoms with Crippen LogP contribution in [0.5, 0.6) is 0 Å². The Morgan fingerprint density at radius 2 is 1.06 bits per heavy atom. The largest absolute Gasteiger partial charge is 0.477 e. The molecule has 0 saturated heterocycles. The van der Waals surface area contributed by atoms with Crippen LogP contribution in [0.25, 0.3) is 6.08 Å². The number of nitriles is 1. The summed E-state index contributed by atoms with van der Waals surface area (Å²) < 4.78 is 0. The summed E-state index contributed by atoms with van der Waals surface area (Å²) in [6.07, 6.45) is 1.37. The molecule has 1 N–H and O–H groups in total. The van der Waals surface area contributed by atoms with Crippen molar-refractivity contribution < 1.29 is 9.90 Å². The fraction of sp³-hybridized carbons (Fsp3) is 0.154. The van der Waals surface area contributed by atoms with Gasteiger partial charge in [-0.2, -0.15) is 5.26 Å². The monoisotopic (exact) mass is 426 g/mol. The number of benzene rings is 3. The molecule has 0 aromatic heterocycles. The van der Waals surface area contributed by atoms with Crippen molar-refractivity contribution in [2.24, 2.45) is 0 Å². The molecule has 6 nitrogen and oxygen atoms in total. The second-order valence-electron chi connectivity index (χ2n) is 7.72. The third-order valence-electron chi connectivity index (χ3n) is 5.06. The molecule has 162 valence electrons. The van der Waals surface area contributed by atoms with Gasteiger partial charge in [-0.25, -0.2) is 4.79 Å². The van der Waals surface area contributed by atoms with Gasteiger partial charge >= 0.3 is 5.97 Å². The Labute approximate surface area is 188 Å². The van der Waals surface area contributed by atoms with Gasteiger partial charge in [0.2, 0.25) is 0 Å². The number of rotatable bonds is 7. The fourth-order valence-corrected chi connectivity index (χ4v) is 3.28. The predicted molar refractivity (Wildman–Crippen MR) is 131 cm³/mol. The molecule has 3 aromatic rings. The SMILES string of the molecule is CN(C)c1ccc(N(c2ccc(C=C(C#N)C(=O)O)cc2)c2ccc(N(C)C)cc2)cc1. The van der Waals surface area contributed by atoms with Gasteiger partial charge in [-0.3, -0.25) is 0 Å². The second-order valence-corrected chi connectivity index (χ2v) is 7.72. The molecule has 6 heteroatoms. The number of nitrogens with zero attached hydrogens (tertiary/aromatic N) is 4. The van der Waals surface area contributed by atoms with Crippen molar-refractivity contribution in [1.82, 2.24) is 0 Å². The molecule has 3 rings (SSSR count). The van der Waals surface area contributed by atoms with Gasteiger partial charge in [0.1, 0.15) is 11.6 Å². The Balaban J connectivity index is 2.04. The maximum absolute atomic E-state index is 11.1. The second kappa shape index (κ2) is 9.71. The highest BCUT2D eigenvalue weighted by atomic mass is 16.4. The Kier molecular flexibility index (Phi) is 6.81. The minimum atomic E-state index is -1.24. The number of anilines is 5. The molecule has 32 heavy (non-hydrogen) atoms. The smallest absolute Gasteiger partial charge is 0.346 e. The normalized spacial score (nSPS) is 10.9. The van der Waals surface area contributed by atoms with Crippen LogP contribution < -0.4 is 14.7 Å². The van der Waals surface area contributed by atoms with E-state index in [4.69, 9.17) is 10.4 Å². The molecule has 0 spiro atoms. The summed E-state index contributed by atoms with van der Waals surface area (Å²) >= 11 is 0. The van der Waals surface area contributed by atoms with E-state index in [0.29, 0.717) is 5.56 Å². The fourth-order valence-electron chi connectivity index (χ4n) is 3.28. The zero-order chi connectivity index (χ0) is 23.3. The minimum absolute atomic E-state index is 0.298. The Morgan fingerprint density at radius 1 is 0.719 bits per heavy atom. The highest BCUT2D eigenvalue weighted by Crippen LogP contribution is 2.36. The summed E-state index contributed by atoms with van der Waals surface area (Å²) in [6.45, 7) is 0. The first-order valence-electron chi connectivity index (χ1n) is 10.1. The van der Waals surface area contributed by atoms with Gasteiger partial charge < -0.3 is 19.8 Å². The first-order chi connectivity index (χ1) is 15.3. The molecule has 0 radical (unpaired) electrons. The van der Waals surface area contributed by atoms with Gasteiger partial charge in [-0.1, -0.05) is 12.1 Å². The lowest BCUT2D eigenvalue weighted by Crippen LogP contribution is -2.12. The molecule has 0 aliphatic heterocycles. The van der Waals surface area contributed by atoms with Gasteiger partial charge in [0.15, 0.2) is 0 Å². The van der Waals surface area contributed by atoms with Crippen LogP contribution in [0.2, 0.25) is 0 Å². The molecule has 0 heterocycles. The van der Waals surface area contributed by atoms with Gasteiger partial charge in [0.05, 0.1) is 0 Å². The van der Waals surface area contributed by atoms with Crippen molar-refractivity contribution in [2.45, 2.75) is 0 Å². The maximum Gasteiger partial charge on any atom is 0.346 e. The topological polar surface area (TPSA) is 70.8 Å². The van der Waals surface area contributed by atoms with Crippen molar-refractivity contribution in [1.29, 1.82) is 5.26 Å². The molecule has 0 aliphatic carbocycles. The molecular weight excluding hydrogens is 400 g/mol. The van der Waals surface area contributed by atoms with E-state index < -0.39 is 5.97 Å². The van der Waals surface area contributed by atoms with Crippen LogP contribution in [0.3, 0.4) is 0 Å². The van der Waals surface area contributed by atoms with E-state index in [2.05, 4.69) is 63.2 Å². The quantitative estimate of drug-likeness (QED) is 0.409. The van der Waals surface area contributed by atoms with E-state index in [-0.39, 0.29) is 5.57 Å². The molecule has 0 aliphatic rings. The van der Waals surface area contributed by atoms with Crippen LogP contribution in [-0.2, 0) is 4.79 Å². The average molecular weight is 427 g/mol. The predicted octanol–water partition coefficient (Wildman–Crippen LogP) is 5.28. The lowest BCUT2D eigenvalue weighted by atomic mass is 10.1. The van der Waals surface area contributed by atoms with Crippen LogP contribution in [-0.4, -0.2) is 39.3 Å². The first-order valence-corrected chi connectivity index (χ1v) is 10.1. The molecule has 3 aromatic carbocycles. The number of carboxylic acid groups (broad SMARTS) is 1. The number of aliphatic carboxylic acids is 1. The zero-order valence-corrected chi connectivity index (χ0v) is 18.6. The highest BCUT2D eigenvalue weighted by molar-refractivity contribution is 5.96. The lowest BCUT2D eigenvalue weighted by molar-refractivity contribution is -0.132. The summed E-state index contributed by atoms with van der Waals surface area (Å²) in [5, 5.41) is 18.1. The molecule has 0 atom stereocenters. The Morgan fingerprint density at radius 3 is 1.38 bits per heavy atom. The zero-order valence-electron chi connectivity index (χ0n) is 18.6. The van der Waals surface area contributed by atoms with Crippen LogP contribution in [0.4, 0.5) is 28.4 Å². The molecule has 0 saturated carbocycles. The average Bonchev–Trinajstić information content (AvgIpc) is 2.79. The minimum Gasteiger partial charge on any atom is -0.477 e. The van der Waals surface area contributed by atoms with E-state index in [1.165, 1.54) is 6.08 Å². The summed E-state index contributed by atoms with van der Waals surface area (Å²) in [5.41, 5.74) is 5.49. The van der Waals surface area contributed by atoms with E-state index in [0.717, 1.165) is 28.4 Å². The van der Waals surface area contributed by atoms with E-state index in [1.54, 1.807) is 6.07 Å². The van der Waals surface area contributed by atoms with Gasteiger partial charge in [0, 0.05) is 56.6 Å². The molecule has 0 bridgehead atoms. The van der Waals surface area contributed by atoms with Crippen molar-refractivity contribution in [3.8, 4) is 6.07 Å². The Hall–Kier alpha value is -4.24. The lowest BCUT2D eigenvalue weighted by Gasteiger charge is -2.27. The maximum atomic E-state index is 11.1. The molecular formula is C26H26N4O2. The summed E-state index contributed by atoms with van der Waals surface area (Å²) in [6, 6.07) is 25.7. The van der Waals surface area contributed by atoms with E-state index >= 15 is 0 Å². The Bertz CT molecular complexity index is 1090. The summed E-state index contributed by atoms with van der Waals surface area (Å²) in [7, 11) is 8.02. The number of hydrogen-bond donors (Lipinski definition) is 1. The molecule has 0 unspecified atom stereocenters. The third-order valence-corrected chi connectivity index (χ3v) is 5.06. The van der Waals surface area contributed by atoms with E-state index in [1.807, 2.05) is 52.5 Å². The van der Waals surface area contributed by atoms with Gasteiger partial charge in [-0.15, -0.1) is 0 Å². The standard InChI is InChI=1S/C26H26N4O2/c1-28(2)21-9-13-24(14-10-21)30(25-15-11-22(12-16-25)29(3)4)23-7-5-19(6-8-23)17-20(18-27)26(31)32/h5-17H,1-4H3,(H,31,32). The number of carboxylic acids is 1. The van der Waals surface area contributed by atoms with Crippen LogP contribution in [0, 0.1) is 11.3 Å². The molecule has 0 fully saturated rings. The highest BCUT2D eigenvalue weighted by Gasteiger charge is 2.13. The summed E-state index contributed by atoms with van der Waals surface area (Å²) in [5.74, 6) is -1.24. The van der Waals surface area contributed by atoms with Crippen LogP contribution in [0.1, 0.15) is 5.56 Å².